The maximum Gasteiger partial charge on any atom is 0.329 e. The lowest BCUT2D eigenvalue weighted by atomic mass is 10.2. The lowest BCUT2D eigenvalue weighted by Gasteiger charge is -2.05. The molecule has 2 aromatic carbocycles. The van der Waals surface area contributed by atoms with Crippen LogP contribution in [0, 0.1) is 5.82 Å². The van der Waals surface area contributed by atoms with Gasteiger partial charge < -0.3 is 10.5 Å². The van der Waals surface area contributed by atoms with Gasteiger partial charge in [0.15, 0.2) is 0 Å². The van der Waals surface area contributed by atoms with Gasteiger partial charge in [0.25, 0.3) is 0 Å². The second-order valence-electron chi connectivity index (χ2n) is 4.19. The van der Waals surface area contributed by atoms with Gasteiger partial charge >= 0.3 is 11.8 Å². The minimum absolute atomic E-state index is 0.336. The van der Waals surface area contributed by atoms with Crippen LogP contribution in [0.25, 0.3) is 0 Å². The zero-order valence-corrected chi connectivity index (χ0v) is 11.3. The summed E-state index contributed by atoms with van der Waals surface area (Å²) in [6.45, 7) is 0. The molecule has 0 unspecified atom stereocenters. The fraction of sp³-hybridized carbons (Fsp3) is 0. The third-order valence-electron chi connectivity index (χ3n) is 2.53. The van der Waals surface area contributed by atoms with Gasteiger partial charge in [-0.2, -0.15) is 5.10 Å². The fourth-order valence-electron chi connectivity index (χ4n) is 1.48. The standard InChI is InChI=1S/C15H12FN3O3/c16-11-3-7-13(8-4-11)22-12-5-1-10(2-6-12)9-18-19-15(21)14(17)20/h1-9H,(H2,17,20)(H,19,21)/b18-9+. The van der Waals surface area contributed by atoms with Gasteiger partial charge in [-0.05, 0) is 54.1 Å². The highest BCUT2D eigenvalue weighted by atomic mass is 19.1. The fourth-order valence-corrected chi connectivity index (χ4v) is 1.48. The van der Waals surface area contributed by atoms with E-state index in [4.69, 9.17) is 10.5 Å². The average Bonchev–Trinajstić information content (AvgIpc) is 2.51. The second-order valence-corrected chi connectivity index (χ2v) is 4.19. The predicted molar refractivity (Wildman–Crippen MR) is 77.8 cm³/mol. The molecule has 0 aromatic heterocycles. The molecule has 0 aliphatic heterocycles. The van der Waals surface area contributed by atoms with Crippen molar-refractivity contribution >= 4 is 18.0 Å². The van der Waals surface area contributed by atoms with Crippen LogP contribution in [0.5, 0.6) is 11.5 Å². The van der Waals surface area contributed by atoms with Crippen LogP contribution in [-0.2, 0) is 9.59 Å². The highest BCUT2D eigenvalue weighted by Gasteiger charge is 2.05. The Labute approximate surface area is 125 Å². The van der Waals surface area contributed by atoms with Gasteiger partial charge in [0.2, 0.25) is 0 Å². The van der Waals surface area contributed by atoms with Crippen molar-refractivity contribution < 1.29 is 18.7 Å². The van der Waals surface area contributed by atoms with Crippen LogP contribution in [0.4, 0.5) is 4.39 Å². The molecule has 112 valence electrons. The van der Waals surface area contributed by atoms with E-state index in [0.717, 1.165) is 0 Å². The molecule has 0 aliphatic carbocycles. The first-order valence-corrected chi connectivity index (χ1v) is 6.21. The molecular weight excluding hydrogens is 289 g/mol. The van der Waals surface area contributed by atoms with Gasteiger partial charge in [-0.3, -0.25) is 9.59 Å². The maximum atomic E-state index is 12.8. The summed E-state index contributed by atoms with van der Waals surface area (Å²) < 4.78 is 18.3. The van der Waals surface area contributed by atoms with Crippen molar-refractivity contribution in [2.75, 3.05) is 0 Å². The molecule has 6 nitrogen and oxygen atoms in total. The number of nitrogens with two attached hydrogens (primary N) is 1. The normalized spacial score (nSPS) is 10.4. The number of nitrogens with zero attached hydrogens (tertiary/aromatic N) is 1. The van der Waals surface area contributed by atoms with Gasteiger partial charge in [0.05, 0.1) is 6.21 Å². The number of carbonyl (C=O) groups excluding carboxylic acids is 2. The van der Waals surface area contributed by atoms with Gasteiger partial charge in [0.1, 0.15) is 17.3 Å². The van der Waals surface area contributed by atoms with Crippen molar-refractivity contribution in [1.82, 2.24) is 5.43 Å². The molecule has 0 atom stereocenters. The molecule has 0 saturated carbocycles. The van der Waals surface area contributed by atoms with E-state index in [2.05, 4.69) is 5.10 Å². The van der Waals surface area contributed by atoms with Crippen molar-refractivity contribution in [2.24, 2.45) is 10.8 Å². The van der Waals surface area contributed by atoms with Crippen LogP contribution in [0.2, 0.25) is 0 Å². The molecule has 7 heteroatoms. The predicted octanol–water partition coefficient (Wildman–Crippen LogP) is 1.55. The molecule has 0 aliphatic rings. The first-order valence-electron chi connectivity index (χ1n) is 6.21. The van der Waals surface area contributed by atoms with E-state index >= 15 is 0 Å². The largest absolute Gasteiger partial charge is 0.457 e. The molecule has 0 saturated heterocycles. The Bertz CT molecular complexity index is 697. The number of hydrogen-bond donors (Lipinski definition) is 2. The SMILES string of the molecule is NC(=O)C(=O)N/N=C/c1ccc(Oc2ccc(F)cc2)cc1. The third-order valence-corrected chi connectivity index (χ3v) is 2.53. The molecule has 0 bridgehead atoms. The van der Waals surface area contributed by atoms with Crippen LogP contribution < -0.4 is 15.9 Å². The summed E-state index contributed by atoms with van der Waals surface area (Å²) in [6, 6.07) is 12.4. The molecule has 22 heavy (non-hydrogen) atoms. The number of primary amides is 1. The van der Waals surface area contributed by atoms with E-state index in [1.165, 1.54) is 30.5 Å². The number of nitrogens with one attached hydrogen (secondary N) is 1. The van der Waals surface area contributed by atoms with E-state index in [9.17, 15) is 14.0 Å². The molecule has 2 rings (SSSR count). The summed E-state index contributed by atoms with van der Waals surface area (Å²) in [5.74, 6) is -1.37. The number of carbonyl (C=O) groups is 2. The topological polar surface area (TPSA) is 93.8 Å². The average molecular weight is 301 g/mol. The number of ether oxygens (including phenoxy) is 1. The van der Waals surface area contributed by atoms with E-state index in [1.54, 1.807) is 24.3 Å². The number of amides is 2. The summed E-state index contributed by atoms with van der Waals surface area (Å²) in [7, 11) is 0. The minimum Gasteiger partial charge on any atom is -0.457 e. The Morgan fingerprint density at radius 2 is 1.59 bits per heavy atom. The number of benzene rings is 2. The Balaban J connectivity index is 1.95. The molecule has 0 fully saturated rings. The Kier molecular flexibility index (Phi) is 4.81. The highest BCUT2D eigenvalue weighted by molar-refractivity contribution is 6.34. The van der Waals surface area contributed by atoms with Crippen molar-refractivity contribution in [3.8, 4) is 11.5 Å². The lowest BCUT2D eigenvalue weighted by Crippen LogP contribution is -2.32. The molecule has 2 amide bonds. The van der Waals surface area contributed by atoms with E-state index in [1.807, 2.05) is 5.43 Å². The number of halogens is 1. The van der Waals surface area contributed by atoms with Gasteiger partial charge in [-0.15, -0.1) is 0 Å². The smallest absolute Gasteiger partial charge is 0.329 e. The van der Waals surface area contributed by atoms with Crippen LogP contribution in [-0.4, -0.2) is 18.0 Å². The second kappa shape index (κ2) is 6.98. The van der Waals surface area contributed by atoms with Gasteiger partial charge in [-0.25, -0.2) is 9.82 Å². The molecular formula is C15H12FN3O3. The van der Waals surface area contributed by atoms with Crippen LogP contribution in [0.3, 0.4) is 0 Å². The van der Waals surface area contributed by atoms with Crippen LogP contribution in [0.15, 0.2) is 53.6 Å². The summed E-state index contributed by atoms with van der Waals surface area (Å²) in [5.41, 5.74) is 7.41. The lowest BCUT2D eigenvalue weighted by molar-refractivity contribution is -0.137. The van der Waals surface area contributed by atoms with Crippen molar-refractivity contribution in [3.05, 3.63) is 59.9 Å². The Morgan fingerprint density at radius 3 is 2.14 bits per heavy atom. The van der Waals surface area contributed by atoms with E-state index < -0.39 is 11.8 Å². The zero-order chi connectivity index (χ0) is 15.9. The number of hydrazone groups is 1. The van der Waals surface area contributed by atoms with Crippen molar-refractivity contribution in [1.29, 1.82) is 0 Å². The summed E-state index contributed by atoms with van der Waals surface area (Å²) >= 11 is 0. The molecule has 2 aromatic rings. The minimum atomic E-state index is -1.11. The maximum absolute atomic E-state index is 12.8. The van der Waals surface area contributed by atoms with Gasteiger partial charge in [0, 0.05) is 0 Å². The summed E-state index contributed by atoms with van der Waals surface area (Å²) in [4.78, 5) is 21.3. The summed E-state index contributed by atoms with van der Waals surface area (Å²) in [6.07, 6.45) is 1.35. The number of rotatable bonds is 4. The van der Waals surface area contributed by atoms with Crippen LogP contribution >= 0.6 is 0 Å². The molecule has 0 spiro atoms. The molecule has 0 radical (unpaired) electrons. The highest BCUT2D eigenvalue weighted by Crippen LogP contribution is 2.21. The Hall–Kier alpha value is -3.22. The zero-order valence-electron chi connectivity index (χ0n) is 11.3. The first-order chi connectivity index (χ1) is 10.5. The van der Waals surface area contributed by atoms with Crippen molar-refractivity contribution in [3.63, 3.8) is 0 Å². The molecule has 3 N–H and O–H groups in total. The van der Waals surface area contributed by atoms with Crippen LogP contribution in [0.1, 0.15) is 5.56 Å². The monoisotopic (exact) mass is 301 g/mol. The van der Waals surface area contributed by atoms with E-state index in [0.29, 0.717) is 17.1 Å². The Morgan fingerprint density at radius 1 is 1.05 bits per heavy atom. The molecule has 0 heterocycles. The quantitative estimate of drug-likeness (QED) is 0.509. The first kappa shape index (κ1) is 15.2. The third kappa shape index (κ3) is 4.41. The van der Waals surface area contributed by atoms with Crippen molar-refractivity contribution in [2.45, 2.75) is 0 Å². The van der Waals surface area contributed by atoms with Gasteiger partial charge in [-0.1, -0.05) is 0 Å². The van der Waals surface area contributed by atoms with E-state index in [-0.39, 0.29) is 5.82 Å². The number of hydrogen-bond acceptors (Lipinski definition) is 4. The summed E-state index contributed by atoms with van der Waals surface area (Å²) in [5, 5.41) is 3.58.